The summed E-state index contributed by atoms with van der Waals surface area (Å²) in [5, 5.41) is 3.49. The summed E-state index contributed by atoms with van der Waals surface area (Å²) < 4.78 is 0. The number of nitrogens with two attached hydrogens (primary N) is 1. The lowest BCUT2D eigenvalue weighted by atomic mass is 10.1. The standard InChI is InChI=1S/C10H22N2OS/c1-4-9(11)7-10(13)12-6-5-8(2)14-3/h8-9H,4-7,11H2,1-3H3,(H,12,13). The molecule has 1 amide bonds. The second-order valence-electron chi connectivity index (χ2n) is 3.56. The number of amides is 1. The smallest absolute Gasteiger partial charge is 0.221 e. The van der Waals surface area contributed by atoms with E-state index in [1.807, 2.05) is 18.7 Å². The summed E-state index contributed by atoms with van der Waals surface area (Å²) in [5.74, 6) is 0.0765. The fraction of sp³-hybridized carbons (Fsp3) is 0.900. The number of rotatable bonds is 7. The Morgan fingerprint density at radius 2 is 2.21 bits per heavy atom. The molecule has 0 radical (unpaired) electrons. The molecule has 4 heteroatoms. The third-order valence-corrected chi connectivity index (χ3v) is 3.29. The zero-order valence-electron chi connectivity index (χ0n) is 9.38. The lowest BCUT2D eigenvalue weighted by Crippen LogP contribution is -2.32. The van der Waals surface area contributed by atoms with Gasteiger partial charge in [0.25, 0.3) is 0 Å². The molecule has 0 saturated heterocycles. The average Bonchev–Trinajstić information content (AvgIpc) is 2.17. The molecule has 2 unspecified atom stereocenters. The van der Waals surface area contributed by atoms with E-state index in [-0.39, 0.29) is 11.9 Å². The van der Waals surface area contributed by atoms with Crippen molar-refractivity contribution >= 4 is 17.7 Å². The molecule has 3 nitrogen and oxygen atoms in total. The van der Waals surface area contributed by atoms with Crippen LogP contribution < -0.4 is 11.1 Å². The Balaban J connectivity index is 3.44. The first-order valence-corrected chi connectivity index (χ1v) is 6.44. The van der Waals surface area contributed by atoms with Gasteiger partial charge in [0.2, 0.25) is 5.91 Å². The average molecular weight is 218 g/mol. The van der Waals surface area contributed by atoms with Crippen molar-refractivity contribution in [3.8, 4) is 0 Å². The van der Waals surface area contributed by atoms with E-state index in [2.05, 4.69) is 18.5 Å². The van der Waals surface area contributed by atoms with Gasteiger partial charge in [-0.1, -0.05) is 13.8 Å². The van der Waals surface area contributed by atoms with Crippen LogP contribution in [0, 0.1) is 0 Å². The van der Waals surface area contributed by atoms with E-state index in [1.165, 1.54) is 0 Å². The summed E-state index contributed by atoms with van der Waals surface area (Å²) in [5.41, 5.74) is 5.67. The lowest BCUT2D eigenvalue weighted by Gasteiger charge is -2.11. The highest BCUT2D eigenvalue weighted by Gasteiger charge is 2.07. The summed E-state index contributed by atoms with van der Waals surface area (Å²) in [7, 11) is 0. The zero-order chi connectivity index (χ0) is 11.0. The molecular weight excluding hydrogens is 196 g/mol. The molecule has 0 aliphatic rings. The summed E-state index contributed by atoms with van der Waals surface area (Å²) in [6, 6.07) is 0.00738. The van der Waals surface area contributed by atoms with Crippen molar-refractivity contribution in [2.45, 2.75) is 44.4 Å². The zero-order valence-corrected chi connectivity index (χ0v) is 10.2. The van der Waals surface area contributed by atoms with Crippen LogP contribution in [0.15, 0.2) is 0 Å². The van der Waals surface area contributed by atoms with E-state index in [9.17, 15) is 4.79 Å². The summed E-state index contributed by atoms with van der Waals surface area (Å²) in [6.45, 7) is 4.92. The third kappa shape index (κ3) is 7.21. The van der Waals surface area contributed by atoms with E-state index >= 15 is 0 Å². The maximum Gasteiger partial charge on any atom is 0.221 e. The van der Waals surface area contributed by atoms with Crippen LogP contribution in [0.4, 0.5) is 0 Å². The van der Waals surface area contributed by atoms with Gasteiger partial charge in [0.1, 0.15) is 0 Å². The van der Waals surface area contributed by atoms with Crippen LogP contribution in [0.1, 0.15) is 33.1 Å². The van der Waals surface area contributed by atoms with Crippen LogP contribution >= 0.6 is 11.8 Å². The van der Waals surface area contributed by atoms with Gasteiger partial charge >= 0.3 is 0 Å². The molecule has 14 heavy (non-hydrogen) atoms. The summed E-state index contributed by atoms with van der Waals surface area (Å²) in [6.07, 6.45) is 4.41. The van der Waals surface area contributed by atoms with Crippen molar-refractivity contribution in [3.63, 3.8) is 0 Å². The Kier molecular flexibility index (Phi) is 7.99. The van der Waals surface area contributed by atoms with Gasteiger partial charge in [0.05, 0.1) is 0 Å². The predicted octanol–water partition coefficient (Wildman–Crippen LogP) is 1.37. The van der Waals surface area contributed by atoms with Crippen LogP contribution in [-0.4, -0.2) is 30.0 Å². The molecule has 0 aromatic rings. The number of carbonyl (C=O) groups is 1. The summed E-state index contributed by atoms with van der Waals surface area (Å²) >= 11 is 1.82. The van der Waals surface area contributed by atoms with Gasteiger partial charge in [-0.25, -0.2) is 0 Å². The maximum atomic E-state index is 11.3. The van der Waals surface area contributed by atoms with Crippen LogP contribution in [0.3, 0.4) is 0 Å². The molecule has 0 aromatic heterocycles. The monoisotopic (exact) mass is 218 g/mol. The fourth-order valence-electron chi connectivity index (χ4n) is 0.987. The van der Waals surface area contributed by atoms with Crippen molar-refractivity contribution in [1.82, 2.24) is 5.32 Å². The molecular formula is C10H22N2OS. The van der Waals surface area contributed by atoms with Crippen LogP contribution in [-0.2, 0) is 4.79 Å². The number of hydrogen-bond donors (Lipinski definition) is 2. The van der Waals surface area contributed by atoms with Gasteiger partial charge in [0.15, 0.2) is 0 Å². The minimum absolute atomic E-state index is 0.00738. The third-order valence-electron chi connectivity index (χ3n) is 2.25. The van der Waals surface area contributed by atoms with Crippen LogP contribution in [0.25, 0.3) is 0 Å². The SMILES string of the molecule is CCC(N)CC(=O)NCCC(C)SC. The maximum absolute atomic E-state index is 11.3. The van der Waals surface area contributed by atoms with E-state index in [4.69, 9.17) is 5.73 Å². The molecule has 0 rings (SSSR count). The molecule has 0 spiro atoms. The normalized spacial score (nSPS) is 14.9. The molecule has 0 fully saturated rings. The minimum Gasteiger partial charge on any atom is -0.356 e. The minimum atomic E-state index is 0.00738. The van der Waals surface area contributed by atoms with E-state index < -0.39 is 0 Å². The highest BCUT2D eigenvalue weighted by molar-refractivity contribution is 7.99. The topological polar surface area (TPSA) is 55.1 Å². The molecule has 84 valence electrons. The van der Waals surface area contributed by atoms with Gasteiger partial charge in [0, 0.05) is 24.3 Å². The van der Waals surface area contributed by atoms with Gasteiger partial charge in [-0.2, -0.15) is 11.8 Å². The van der Waals surface area contributed by atoms with Crippen molar-refractivity contribution in [1.29, 1.82) is 0 Å². The fourth-order valence-corrected chi connectivity index (χ4v) is 1.34. The molecule has 0 aliphatic heterocycles. The second kappa shape index (κ2) is 8.12. The Bertz CT molecular complexity index is 164. The summed E-state index contributed by atoms with van der Waals surface area (Å²) in [4.78, 5) is 11.3. The van der Waals surface area contributed by atoms with E-state index in [0.29, 0.717) is 11.7 Å². The second-order valence-corrected chi connectivity index (χ2v) is 4.83. The molecule has 3 N–H and O–H groups in total. The van der Waals surface area contributed by atoms with Crippen molar-refractivity contribution in [2.75, 3.05) is 12.8 Å². The molecule has 0 saturated carbocycles. The highest BCUT2D eigenvalue weighted by atomic mass is 32.2. The first-order valence-electron chi connectivity index (χ1n) is 5.15. The van der Waals surface area contributed by atoms with Crippen molar-refractivity contribution < 1.29 is 4.79 Å². The predicted molar refractivity (Wildman–Crippen MR) is 63.5 cm³/mol. The van der Waals surface area contributed by atoms with Crippen molar-refractivity contribution in [2.24, 2.45) is 5.73 Å². The van der Waals surface area contributed by atoms with E-state index in [1.54, 1.807) is 0 Å². The molecule has 0 aromatic carbocycles. The quantitative estimate of drug-likeness (QED) is 0.678. The first-order chi connectivity index (χ1) is 6.60. The Labute approximate surface area is 91.2 Å². The Morgan fingerprint density at radius 1 is 1.57 bits per heavy atom. The lowest BCUT2D eigenvalue weighted by molar-refractivity contribution is -0.121. The molecule has 0 aliphatic carbocycles. The van der Waals surface area contributed by atoms with Gasteiger partial charge in [-0.3, -0.25) is 4.79 Å². The number of thioether (sulfide) groups is 1. The number of carbonyl (C=O) groups excluding carboxylic acids is 1. The number of hydrogen-bond acceptors (Lipinski definition) is 3. The van der Waals surface area contributed by atoms with Crippen LogP contribution in [0.5, 0.6) is 0 Å². The van der Waals surface area contributed by atoms with Gasteiger partial charge in [-0.15, -0.1) is 0 Å². The Morgan fingerprint density at radius 3 is 2.71 bits per heavy atom. The van der Waals surface area contributed by atoms with Gasteiger partial charge in [-0.05, 0) is 19.1 Å². The molecule has 0 bridgehead atoms. The van der Waals surface area contributed by atoms with E-state index in [0.717, 1.165) is 19.4 Å². The van der Waals surface area contributed by atoms with Crippen molar-refractivity contribution in [3.05, 3.63) is 0 Å². The molecule has 0 heterocycles. The first kappa shape index (κ1) is 13.8. The largest absolute Gasteiger partial charge is 0.356 e. The van der Waals surface area contributed by atoms with Gasteiger partial charge < -0.3 is 11.1 Å². The molecule has 2 atom stereocenters. The Hall–Kier alpha value is -0.220. The number of nitrogens with one attached hydrogen (secondary N) is 1. The van der Waals surface area contributed by atoms with Crippen LogP contribution in [0.2, 0.25) is 0 Å². The highest BCUT2D eigenvalue weighted by Crippen LogP contribution is 2.07.